The van der Waals surface area contributed by atoms with Crippen molar-refractivity contribution in [2.75, 3.05) is 18.9 Å². The number of carboxylic acid groups (broad SMARTS) is 1. The number of carbonyl (C=O) groups excluding carboxylic acids is 1. The van der Waals surface area contributed by atoms with Gasteiger partial charge < -0.3 is 15.2 Å². The average molecular weight is 327 g/mol. The van der Waals surface area contributed by atoms with Gasteiger partial charge in [-0.05, 0) is 37.1 Å². The van der Waals surface area contributed by atoms with E-state index in [2.05, 4.69) is 5.32 Å². The van der Waals surface area contributed by atoms with Crippen LogP contribution >= 0.6 is 0 Å². The largest absolute Gasteiger partial charge is 0.482 e. The monoisotopic (exact) mass is 327 g/mol. The van der Waals surface area contributed by atoms with Crippen LogP contribution in [-0.4, -0.2) is 49.6 Å². The van der Waals surface area contributed by atoms with Crippen molar-refractivity contribution >= 4 is 21.7 Å². The maximum Gasteiger partial charge on any atom is 0.341 e. The van der Waals surface area contributed by atoms with Crippen molar-refractivity contribution in [1.82, 2.24) is 5.32 Å². The predicted octanol–water partition coefficient (Wildman–Crippen LogP) is 0.457. The van der Waals surface area contributed by atoms with Gasteiger partial charge in [0.25, 0.3) is 5.91 Å². The second-order valence-electron chi connectivity index (χ2n) is 5.05. The zero-order valence-corrected chi connectivity index (χ0v) is 12.6. The Kier molecular flexibility index (Phi) is 5.02. The number of hydrogen-bond acceptors (Lipinski definition) is 5. The third-order valence-corrected chi connectivity index (χ3v) is 5.71. The lowest BCUT2D eigenvalue weighted by atomic mass is 10.2. The van der Waals surface area contributed by atoms with Crippen molar-refractivity contribution in [2.24, 2.45) is 0 Å². The van der Waals surface area contributed by atoms with Gasteiger partial charge in [-0.3, -0.25) is 4.79 Å². The first-order valence-electron chi connectivity index (χ1n) is 6.83. The maximum absolute atomic E-state index is 11.9. The van der Waals surface area contributed by atoms with Gasteiger partial charge in [-0.25, -0.2) is 13.2 Å². The number of ether oxygens (including phenoxy) is 1. The summed E-state index contributed by atoms with van der Waals surface area (Å²) in [4.78, 5) is 22.3. The molecule has 1 unspecified atom stereocenters. The minimum atomic E-state index is -3.08. The van der Waals surface area contributed by atoms with Crippen molar-refractivity contribution in [3.8, 4) is 5.75 Å². The van der Waals surface area contributed by atoms with Crippen LogP contribution in [0, 0.1) is 0 Å². The topological polar surface area (TPSA) is 110 Å². The molecular weight excluding hydrogens is 310 g/mol. The van der Waals surface area contributed by atoms with Gasteiger partial charge in [0.1, 0.15) is 5.75 Å². The first-order chi connectivity index (χ1) is 10.4. The van der Waals surface area contributed by atoms with Crippen LogP contribution in [0.2, 0.25) is 0 Å². The van der Waals surface area contributed by atoms with Crippen molar-refractivity contribution in [2.45, 2.75) is 18.1 Å². The van der Waals surface area contributed by atoms with Crippen LogP contribution in [0.25, 0.3) is 0 Å². The summed E-state index contributed by atoms with van der Waals surface area (Å²) in [5.74, 6) is -0.924. The molecule has 8 heteroatoms. The quantitative estimate of drug-likeness (QED) is 0.785. The van der Waals surface area contributed by atoms with E-state index in [9.17, 15) is 18.0 Å². The average Bonchev–Trinajstić information content (AvgIpc) is 2.82. The van der Waals surface area contributed by atoms with E-state index in [4.69, 9.17) is 9.84 Å². The zero-order chi connectivity index (χ0) is 16.2. The smallest absolute Gasteiger partial charge is 0.341 e. The highest BCUT2D eigenvalue weighted by molar-refractivity contribution is 7.92. The minimum absolute atomic E-state index is 0.110. The molecule has 1 heterocycles. The molecule has 1 aliphatic heterocycles. The summed E-state index contributed by atoms with van der Waals surface area (Å²) >= 11 is 0. The molecule has 2 N–H and O–H groups in total. The molecule has 120 valence electrons. The van der Waals surface area contributed by atoms with Crippen LogP contribution in [0.1, 0.15) is 23.2 Å². The van der Waals surface area contributed by atoms with E-state index in [-0.39, 0.29) is 18.2 Å². The van der Waals surface area contributed by atoms with Crippen molar-refractivity contribution in [3.63, 3.8) is 0 Å². The number of amides is 1. The first kappa shape index (κ1) is 16.3. The van der Waals surface area contributed by atoms with Crippen molar-refractivity contribution in [1.29, 1.82) is 0 Å². The zero-order valence-electron chi connectivity index (χ0n) is 11.8. The van der Waals surface area contributed by atoms with Crippen LogP contribution in [0.4, 0.5) is 0 Å². The minimum Gasteiger partial charge on any atom is -0.482 e. The highest BCUT2D eigenvalue weighted by Crippen LogP contribution is 2.19. The molecule has 1 aromatic rings. The van der Waals surface area contributed by atoms with Gasteiger partial charge in [-0.1, -0.05) is 0 Å². The molecule has 1 atom stereocenters. The molecule has 2 rings (SSSR count). The van der Waals surface area contributed by atoms with Gasteiger partial charge in [0.2, 0.25) is 0 Å². The van der Waals surface area contributed by atoms with E-state index in [1.807, 2.05) is 0 Å². The summed E-state index contributed by atoms with van der Waals surface area (Å²) in [5.41, 5.74) is 0.359. The summed E-state index contributed by atoms with van der Waals surface area (Å²) in [5, 5.41) is 10.6. The van der Waals surface area contributed by atoms with E-state index in [0.717, 1.165) is 0 Å². The molecule has 1 aliphatic rings. The van der Waals surface area contributed by atoms with Gasteiger partial charge in [-0.15, -0.1) is 0 Å². The Hall–Kier alpha value is -2.09. The van der Waals surface area contributed by atoms with Crippen molar-refractivity contribution < 1.29 is 27.9 Å². The fraction of sp³-hybridized carbons (Fsp3) is 0.429. The van der Waals surface area contributed by atoms with Crippen LogP contribution in [0.3, 0.4) is 0 Å². The molecule has 22 heavy (non-hydrogen) atoms. The Morgan fingerprint density at radius 1 is 1.27 bits per heavy atom. The highest BCUT2D eigenvalue weighted by Gasteiger charge is 2.31. The third kappa shape index (κ3) is 4.20. The summed E-state index contributed by atoms with van der Waals surface area (Å²) in [6, 6.07) is 5.97. The number of nitrogens with one attached hydrogen (secondary N) is 1. The Labute approximate surface area is 128 Å². The molecule has 1 amide bonds. The van der Waals surface area contributed by atoms with Gasteiger partial charge in [0, 0.05) is 12.1 Å². The van der Waals surface area contributed by atoms with Gasteiger partial charge >= 0.3 is 5.97 Å². The molecule has 1 aromatic carbocycles. The van der Waals surface area contributed by atoms with Crippen LogP contribution < -0.4 is 10.1 Å². The maximum atomic E-state index is 11.9. The van der Waals surface area contributed by atoms with Crippen LogP contribution in [0.5, 0.6) is 5.75 Å². The van der Waals surface area contributed by atoms with E-state index in [1.54, 1.807) is 0 Å². The molecule has 7 nitrogen and oxygen atoms in total. The molecule has 0 aromatic heterocycles. The molecule has 0 saturated carbocycles. The second kappa shape index (κ2) is 6.78. The predicted molar refractivity (Wildman–Crippen MR) is 78.7 cm³/mol. The number of carboxylic acids is 1. The Bertz CT molecular complexity index is 652. The second-order valence-corrected chi connectivity index (χ2v) is 7.45. The molecule has 0 spiro atoms. The molecule has 0 radical (unpaired) electrons. The number of sulfone groups is 1. The van der Waals surface area contributed by atoms with E-state index < -0.39 is 27.7 Å². The van der Waals surface area contributed by atoms with E-state index >= 15 is 0 Å². The summed E-state index contributed by atoms with van der Waals surface area (Å²) < 4.78 is 28.3. The first-order valence-corrected chi connectivity index (χ1v) is 8.54. The van der Waals surface area contributed by atoms with Crippen LogP contribution in [-0.2, 0) is 14.6 Å². The number of benzene rings is 1. The lowest BCUT2D eigenvalue weighted by Crippen LogP contribution is -2.34. The third-order valence-electron chi connectivity index (χ3n) is 3.43. The summed E-state index contributed by atoms with van der Waals surface area (Å²) in [6.07, 6.45) is 1.21. The lowest BCUT2D eigenvalue weighted by Gasteiger charge is -2.11. The van der Waals surface area contributed by atoms with Crippen LogP contribution in [0.15, 0.2) is 24.3 Å². The lowest BCUT2D eigenvalue weighted by molar-refractivity contribution is -0.139. The Morgan fingerprint density at radius 2 is 1.95 bits per heavy atom. The molecule has 1 saturated heterocycles. The molecule has 0 aliphatic carbocycles. The number of aliphatic carboxylic acids is 1. The fourth-order valence-electron chi connectivity index (χ4n) is 2.24. The fourth-order valence-corrected chi connectivity index (χ4v) is 4.01. The highest BCUT2D eigenvalue weighted by atomic mass is 32.2. The Morgan fingerprint density at radius 3 is 2.50 bits per heavy atom. The Balaban J connectivity index is 1.88. The molecule has 1 fully saturated rings. The van der Waals surface area contributed by atoms with Gasteiger partial charge in [0.15, 0.2) is 16.4 Å². The number of hydrogen-bond donors (Lipinski definition) is 2. The molecular formula is C14H17NO6S. The number of carbonyl (C=O) groups is 2. The standard InChI is InChI=1S/C14H17NO6S/c16-13(17)9-21-11-5-3-10(4-6-11)14(18)15-8-12-2-1-7-22(12,19)20/h3-6,12H,1-2,7-9H2,(H,15,18)(H,16,17). The number of rotatable bonds is 6. The van der Waals surface area contributed by atoms with E-state index in [1.165, 1.54) is 24.3 Å². The summed E-state index contributed by atoms with van der Waals surface area (Å²) in [7, 11) is -3.08. The normalized spacial score (nSPS) is 19.5. The SMILES string of the molecule is O=C(O)COc1ccc(C(=O)NCC2CCCS2(=O)=O)cc1. The van der Waals surface area contributed by atoms with Gasteiger partial charge in [0.05, 0.1) is 11.0 Å². The summed E-state index contributed by atoms with van der Waals surface area (Å²) in [6.45, 7) is -0.344. The molecule has 0 bridgehead atoms. The van der Waals surface area contributed by atoms with E-state index in [0.29, 0.717) is 24.2 Å². The van der Waals surface area contributed by atoms with Crippen molar-refractivity contribution in [3.05, 3.63) is 29.8 Å². The van der Waals surface area contributed by atoms with Gasteiger partial charge in [-0.2, -0.15) is 0 Å².